The number of rotatable bonds is 4. The van der Waals surface area contributed by atoms with Crippen molar-refractivity contribution in [2.45, 2.75) is 19.1 Å². The van der Waals surface area contributed by atoms with E-state index in [4.69, 9.17) is 9.84 Å². The SMILES string of the molecule is CC(O)(CCO)Oc1ccccc1F.c1cc2ccc1=2. The van der Waals surface area contributed by atoms with Gasteiger partial charge in [0, 0.05) is 20.0 Å². The van der Waals surface area contributed by atoms with Crippen LogP contribution in [-0.4, -0.2) is 22.6 Å². The second-order valence-electron chi connectivity index (χ2n) is 4.76. The summed E-state index contributed by atoms with van der Waals surface area (Å²) in [6, 6.07) is 14.3. The Morgan fingerprint density at radius 2 is 1.60 bits per heavy atom. The lowest BCUT2D eigenvalue weighted by Gasteiger charge is -2.23. The van der Waals surface area contributed by atoms with Crippen LogP contribution in [0.15, 0.2) is 48.5 Å². The van der Waals surface area contributed by atoms with Gasteiger partial charge in [-0.1, -0.05) is 36.4 Å². The second-order valence-corrected chi connectivity index (χ2v) is 4.76. The van der Waals surface area contributed by atoms with E-state index in [1.807, 2.05) is 0 Å². The van der Waals surface area contributed by atoms with Gasteiger partial charge in [-0.05, 0) is 22.6 Å². The first-order chi connectivity index (χ1) is 9.52. The average Bonchev–Trinajstić information content (AvgIpc) is 2.37. The van der Waals surface area contributed by atoms with E-state index in [9.17, 15) is 9.50 Å². The molecule has 2 N–H and O–H groups in total. The summed E-state index contributed by atoms with van der Waals surface area (Å²) in [5.74, 6) is -2.10. The highest BCUT2D eigenvalue weighted by atomic mass is 19.1. The average molecular weight is 276 g/mol. The molecule has 1 atom stereocenters. The molecule has 0 heterocycles. The van der Waals surface area contributed by atoms with E-state index in [2.05, 4.69) is 24.3 Å². The van der Waals surface area contributed by atoms with Gasteiger partial charge in [-0.3, -0.25) is 0 Å². The Kier molecular flexibility index (Phi) is 4.37. The number of hydrogen-bond acceptors (Lipinski definition) is 3. The van der Waals surface area contributed by atoms with E-state index < -0.39 is 11.6 Å². The highest BCUT2D eigenvalue weighted by molar-refractivity contribution is 5.24. The molecule has 1 aromatic rings. The predicted molar refractivity (Wildman–Crippen MR) is 73.5 cm³/mol. The Balaban J connectivity index is 0.000000198. The second kappa shape index (κ2) is 6.03. The number of halogens is 1. The predicted octanol–water partition coefficient (Wildman–Crippen LogP) is 2.58. The maximum Gasteiger partial charge on any atom is 0.207 e. The third kappa shape index (κ3) is 3.56. The van der Waals surface area contributed by atoms with Gasteiger partial charge in [-0.25, -0.2) is 4.39 Å². The van der Waals surface area contributed by atoms with Gasteiger partial charge in [0.25, 0.3) is 0 Å². The largest absolute Gasteiger partial charge is 0.460 e. The lowest BCUT2D eigenvalue weighted by Crippen LogP contribution is -2.33. The Hall–Kier alpha value is -1.91. The fourth-order valence-corrected chi connectivity index (χ4v) is 1.69. The standard InChI is InChI=1S/C10H13FO3.C6H4/c1-10(13,6-7-12)14-9-5-3-2-4-8(9)11;1-2-6-4-3-5(1)6/h2-5,12-13H,6-7H2,1H3;1-4H. The van der Waals surface area contributed by atoms with Crippen molar-refractivity contribution in [1.29, 1.82) is 0 Å². The Morgan fingerprint density at radius 3 is 2.00 bits per heavy atom. The molecule has 3 nitrogen and oxygen atoms in total. The maximum absolute atomic E-state index is 13.1. The topological polar surface area (TPSA) is 49.7 Å². The molecule has 0 radical (unpaired) electrons. The first-order valence-corrected chi connectivity index (χ1v) is 6.39. The Bertz CT molecular complexity index is 617. The van der Waals surface area contributed by atoms with E-state index in [0.717, 1.165) is 0 Å². The molecule has 1 unspecified atom stereocenters. The number of benzene rings is 2. The molecule has 3 rings (SSSR count). The molecule has 4 heteroatoms. The zero-order valence-electron chi connectivity index (χ0n) is 11.2. The van der Waals surface area contributed by atoms with E-state index in [-0.39, 0.29) is 18.8 Å². The summed E-state index contributed by atoms with van der Waals surface area (Å²) >= 11 is 0. The number of aliphatic hydroxyl groups excluding tert-OH is 1. The van der Waals surface area contributed by atoms with Gasteiger partial charge in [-0.2, -0.15) is 0 Å². The monoisotopic (exact) mass is 276 g/mol. The third-order valence-corrected chi connectivity index (χ3v) is 2.96. The number of aliphatic hydroxyl groups is 2. The molecule has 0 saturated carbocycles. The summed E-state index contributed by atoms with van der Waals surface area (Å²) in [7, 11) is 0. The van der Waals surface area contributed by atoms with Crippen LogP contribution in [0.5, 0.6) is 5.75 Å². The normalized spacial score (nSPS) is 13.8. The van der Waals surface area contributed by atoms with Crippen LogP contribution in [0.25, 0.3) is 0 Å². The summed E-state index contributed by atoms with van der Waals surface area (Å²) in [4.78, 5) is 0. The number of ether oxygens (including phenoxy) is 1. The zero-order valence-corrected chi connectivity index (χ0v) is 11.2. The molecule has 0 fully saturated rings. The van der Waals surface area contributed by atoms with Gasteiger partial charge >= 0.3 is 0 Å². The zero-order chi connectivity index (χ0) is 14.6. The fourth-order valence-electron chi connectivity index (χ4n) is 1.69. The van der Waals surface area contributed by atoms with Gasteiger partial charge in [0.1, 0.15) is 0 Å². The van der Waals surface area contributed by atoms with Crippen LogP contribution in [0, 0.1) is 16.3 Å². The minimum Gasteiger partial charge on any atom is -0.460 e. The van der Waals surface area contributed by atoms with Crippen molar-refractivity contribution in [3.8, 4) is 5.75 Å². The van der Waals surface area contributed by atoms with Gasteiger partial charge in [0.2, 0.25) is 5.79 Å². The van der Waals surface area contributed by atoms with Crippen LogP contribution in [-0.2, 0) is 0 Å². The minimum atomic E-state index is -1.54. The van der Waals surface area contributed by atoms with Crippen LogP contribution in [0.1, 0.15) is 13.3 Å². The molecule has 20 heavy (non-hydrogen) atoms. The van der Waals surface area contributed by atoms with Crippen molar-refractivity contribution in [3.63, 3.8) is 0 Å². The van der Waals surface area contributed by atoms with Gasteiger partial charge < -0.3 is 14.9 Å². The molecule has 106 valence electrons. The lowest BCUT2D eigenvalue weighted by molar-refractivity contribution is -0.134. The third-order valence-electron chi connectivity index (χ3n) is 2.96. The van der Waals surface area contributed by atoms with Crippen molar-refractivity contribution in [3.05, 3.63) is 64.8 Å². The summed E-state index contributed by atoms with van der Waals surface area (Å²) < 4.78 is 18.1. The Labute approximate surface area is 116 Å². The highest BCUT2D eigenvalue weighted by Gasteiger charge is 2.22. The quantitative estimate of drug-likeness (QED) is 0.720. The van der Waals surface area contributed by atoms with Crippen LogP contribution in [0.4, 0.5) is 4.39 Å². The molecule has 2 aliphatic rings. The molecule has 0 aliphatic heterocycles. The smallest absolute Gasteiger partial charge is 0.207 e. The highest BCUT2D eigenvalue weighted by Crippen LogP contribution is 2.21. The summed E-state index contributed by atoms with van der Waals surface area (Å²) in [5.41, 5.74) is 0. The molecular weight excluding hydrogens is 259 g/mol. The van der Waals surface area contributed by atoms with Crippen molar-refractivity contribution in [2.75, 3.05) is 6.61 Å². The summed E-state index contributed by atoms with van der Waals surface area (Å²) in [6.45, 7) is 1.15. The molecule has 0 spiro atoms. The molecule has 0 saturated heterocycles. The molecule has 0 aromatic heterocycles. The maximum atomic E-state index is 13.1. The van der Waals surface area contributed by atoms with Crippen molar-refractivity contribution >= 4 is 0 Å². The summed E-state index contributed by atoms with van der Waals surface area (Å²) in [6.07, 6.45) is 0.0291. The fraction of sp³-hybridized carbons (Fsp3) is 0.250. The van der Waals surface area contributed by atoms with E-state index in [1.165, 1.54) is 35.6 Å². The first-order valence-electron chi connectivity index (χ1n) is 6.39. The molecule has 0 amide bonds. The van der Waals surface area contributed by atoms with Gasteiger partial charge in [0.15, 0.2) is 11.6 Å². The number of hydrogen-bond donors (Lipinski definition) is 2. The van der Waals surface area contributed by atoms with E-state index in [0.29, 0.717) is 0 Å². The number of para-hydroxylation sites is 1. The summed E-state index contributed by atoms with van der Waals surface area (Å²) in [5, 5.41) is 21.0. The van der Waals surface area contributed by atoms with Gasteiger partial charge in [-0.15, -0.1) is 0 Å². The van der Waals surface area contributed by atoms with Crippen LogP contribution >= 0.6 is 0 Å². The lowest BCUT2D eigenvalue weighted by atomic mass is 10.1. The molecule has 0 bridgehead atoms. The van der Waals surface area contributed by atoms with Crippen molar-refractivity contribution in [2.24, 2.45) is 0 Å². The molecular formula is C16H17FO3. The van der Waals surface area contributed by atoms with Crippen molar-refractivity contribution < 1.29 is 19.3 Å². The Morgan fingerprint density at radius 1 is 1.05 bits per heavy atom. The molecule has 1 aromatic carbocycles. The van der Waals surface area contributed by atoms with Crippen LogP contribution in [0.2, 0.25) is 0 Å². The van der Waals surface area contributed by atoms with Crippen molar-refractivity contribution in [1.82, 2.24) is 0 Å². The van der Waals surface area contributed by atoms with E-state index in [1.54, 1.807) is 6.07 Å². The molecule has 2 aliphatic carbocycles. The van der Waals surface area contributed by atoms with E-state index >= 15 is 0 Å². The van der Waals surface area contributed by atoms with Crippen LogP contribution < -0.4 is 4.74 Å². The first kappa shape index (κ1) is 14.5. The minimum absolute atomic E-state index is 0.0223. The van der Waals surface area contributed by atoms with Gasteiger partial charge in [0.05, 0.1) is 0 Å². The van der Waals surface area contributed by atoms with Crippen LogP contribution in [0.3, 0.4) is 0 Å².